The van der Waals surface area contributed by atoms with Gasteiger partial charge >= 0.3 is 0 Å². The molecule has 6 unspecified atom stereocenters. The number of amides is 4. The Morgan fingerprint density at radius 1 is 0.690 bits per heavy atom. The van der Waals surface area contributed by atoms with Crippen molar-refractivity contribution in [2.45, 2.75) is 25.7 Å². The van der Waals surface area contributed by atoms with Crippen LogP contribution in [0.3, 0.4) is 0 Å². The Morgan fingerprint density at radius 2 is 1.24 bits per heavy atom. The van der Waals surface area contributed by atoms with E-state index in [1.807, 2.05) is 12.1 Å². The molecule has 4 amide bonds. The number of phenolic OH excluding ortho intramolecular Hbond substituents is 1. The molecule has 2 aliphatic carbocycles. The number of imide groups is 2. The molecule has 1 saturated carbocycles. The van der Waals surface area contributed by atoms with Crippen LogP contribution in [0.5, 0.6) is 5.75 Å². The highest BCUT2D eigenvalue weighted by Crippen LogP contribution is 2.58. The molecule has 0 spiro atoms. The Hall–Kier alpha value is -3.56. The van der Waals surface area contributed by atoms with Crippen molar-refractivity contribution in [2.75, 3.05) is 9.80 Å². The van der Waals surface area contributed by atoms with Crippen LogP contribution in [0.25, 0.3) is 0 Å². The smallest absolute Gasteiger partial charge is 0.238 e. The lowest BCUT2D eigenvalue weighted by Crippen LogP contribution is -2.43. The fourth-order valence-corrected chi connectivity index (χ4v) is 8.05. The zero-order valence-electron chi connectivity index (χ0n) is 22.5. The predicted octanol–water partition coefficient (Wildman–Crippen LogP) is 6.27. The third kappa shape index (κ3) is 4.04. The molecule has 9 heteroatoms. The van der Waals surface area contributed by atoms with Gasteiger partial charge in [-0.1, -0.05) is 55.6 Å². The van der Waals surface area contributed by atoms with Crippen LogP contribution in [0.15, 0.2) is 87.3 Å². The molecule has 4 aliphatic rings. The van der Waals surface area contributed by atoms with E-state index < -0.39 is 29.6 Å². The molecule has 6 atom stereocenters. The van der Waals surface area contributed by atoms with Gasteiger partial charge in [0.15, 0.2) is 0 Å². The molecule has 2 saturated heterocycles. The average Bonchev–Trinajstić information content (AvgIpc) is 3.38. The minimum Gasteiger partial charge on any atom is -0.508 e. The Balaban J connectivity index is 1.33. The topological polar surface area (TPSA) is 95.0 Å². The summed E-state index contributed by atoms with van der Waals surface area (Å²) in [6, 6.07) is 19.5. The molecule has 0 aromatic heterocycles. The second-order valence-electron chi connectivity index (χ2n) is 11.5. The average molecular weight is 690 g/mol. The second-order valence-corrected chi connectivity index (χ2v) is 13.4. The highest BCUT2D eigenvalue weighted by atomic mass is 79.9. The lowest BCUT2D eigenvalue weighted by atomic mass is 9.57. The number of phenols is 1. The number of carbonyl (C=O) groups excluding carboxylic acids is 4. The summed E-state index contributed by atoms with van der Waals surface area (Å²) in [5.74, 6) is -4.17. The number of aromatic hydroxyl groups is 1. The molecule has 1 N–H and O–H groups in total. The maximum Gasteiger partial charge on any atom is 0.238 e. The fourth-order valence-electron chi connectivity index (χ4n) is 7.52. The molecule has 3 aromatic rings. The van der Waals surface area contributed by atoms with Gasteiger partial charge in [0.05, 0.1) is 35.0 Å². The van der Waals surface area contributed by atoms with E-state index in [4.69, 9.17) is 0 Å². The van der Waals surface area contributed by atoms with Crippen LogP contribution < -0.4 is 9.80 Å². The highest BCUT2D eigenvalue weighted by molar-refractivity contribution is 9.10. The summed E-state index contributed by atoms with van der Waals surface area (Å²) in [5.41, 5.74) is 3.44. The van der Waals surface area contributed by atoms with E-state index in [0.29, 0.717) is 29.8 Å². The fraction of sp³-hybridized carbons (Fsp3) is 0.273. The minimum absolute atomic E-state index is 0.146. The van der Waals surface area contributed by atoms with Gasteiger partial charge in [-0.25, -0.2) is 0 Å². The van der Waals surface area contributed by atoms with Gasteiger partial charge in [0, 0.05) is 14.9 Å². The summed E-state index contributed by atoms with van der Waals surface area (Å²) in [7, 11) is 0. The van der Waals surface area contributed by atoms with Gasteiger partial charge < -0.3 is 5.11 Å². The van der Waals surface area contributed by atoms with Crippen LogP contribution >= 0.6 is 31.9 Å². The van der Waals surface area contributed by atoms with Gasteiger partial charge in [0.25, 0.3) is 0 Å². The lowest BCUT2D eigenvalue weighted by Gasteiger charge is -2.44. The zero-order chi connectivity index (χ0) is 29.4. The molecule has 3 fully saturated rings. The SMILES string of the molecule is Cc1cc(C2C3=CCC4C(=O)N(c5ccc(Br)cc5)C(=O)C4C3CC3C(=O)N(c4ccc(Br)cc4)C(=O)C32)ccc1O. The summed E-state index contributed by atoms with van der Waals surface area (Å²) in [4.78, 5) is 58.5. The van der Waals surface area contributed by atoms with Crippen LogP contribution in [-0.4, -0.2) is 28.7 Å². The molecular weight excluding hydrogens is 664 g/mol. The number of halogens is 2. The maximum atomic E-state index is 14.1. The quantitative estimate of drug-likeness (QED) is 0.259. The zero-order valence-corrected chi connectivity index (χ0v) is 25.7. The third-order valence-electron chi connectivity index (χ3n) is 9.40. The molecule has 0 bridgehead atoms. The van der Waals surface area contributed by atoms with Crippen molar-refractivity contribution in [2.24, 2.45) is 29.6 Å². The van der Waals surface area contributed by atoms with Gasteiger partial charge in [-0.05, 0) is 91.4 Å². The van der Waals surface area contributed by atoms with Gasteiger partial charge in [-0.15, -0.1) is 0 Å². The standard InChI is InChI=1S/C33H26Br2N2O5/c1-16-14-17(2-13-26(16)38)27-22-11-12-23-28(32(41)36(30(23)39)20-7-3-18(34)4-8-20)24(22)15-25-29(27)33(42)37(31(25)40)21-9-5-19(35)6-10-21/h2-11,13-14,23-25,27-29,38H,12,15H2,1H3. The molecule has 2 heterocycles. The molecule has 7 nitrogen and oxygen atoms in total. The summed E-state index contributed by atoms with van der Waals surface area (Å²) >= 11 is 6.83. The van der Waals surface area contributed by atoms with E-state index in [1.165, 1.54) is 9.80 Å². The van der Waals surface area contributed by atoms with E-state index in [-0.39, 0.29) is 35.3 Å². The van der Waals surface area contributed by atoms with Gasteiger partial charge in [-0.3, -0.25) is 29.0 Å². The number of nitrogens with zero attached hydrogens (tertiary/aromatic N) is 2. The maximum absolute atomic E-state index is 14.1. The van der Waals surface area contributed by atoms with Crippen molar-refractivity contribution < 1.29 is 24.3 Å². The van der Waals surface area contributed by atoms with Crippen LogP contribution in [0.2, 0.25) is 0 Å². The Morgan fingerprint density at radius 3 is 1.81 bits per heavy atom. The Kier molecular flexibility index (Phi) is 6.51. The van der Waals surface area contributed by atoms with Crippen molar-refractivity contribution >= 4 is 66.9 Å². The molecular formula is C33H26Br2N2O5. The number of hydrogen-bond donors (Lipinski definition) is 1. The number of aryl methyl sites for hydroxylation is 1. The van der Waals surface area contributed by atoms with Crippen LogP contribution in [0, 0.1) is 36.5 Å². The van der Waals surface area contributed by atoms with Crippen LogP contribution in [-0.2, 0) is 19.2 Å². The molecule has 2 aliphatic heterocycles. The summed E-state index contributed by atoms with van der Waals surface area (Å²) < 4.78 is 1.68. The molecule has 0 radical (unpaired) electrons. The van der Waals surface area contributed by atoms with Crippen molar-refractivity contribution in [1.29, 1.82) is 0 Å². The van der Waals surface area contributed by atoms with Gasteiger partial charge in [0.1, 0.15) is 5.75 Å². The second kappa shape index (κ2) is 10.0. The number of allylic oxidation sites excluding steroid dienone is 2. The van der Waals surface area contributed by atoms with Crippen molar-refractivity contribution in [3.8, 4) is 5.75 Å². The summed E-state index contributed by atoms with van der Waals surface area (Å²) in [6.45, 7) is 1.80. The Bertz CT molecular complexity index is 1700. The van der Waals surface area contributed by atoms with E-state index in [2.05, 4.69) is 31.9 Å². The van der Waals surface area contributed by atoms with Crippen molar-refractivity contribution in [3.05, 3.63) is 98.5 Å². The largest absolute Gasteiger partial charge is 0.508 e. The van der Waals surface area contributed by atoms with E-state index in [9.17, 15) is 24.3 Å². The first-order chi connectivity index (χ1) is 20.2. The molecule has 3 aromatic carbocycles. The number of hydrogen-bond acceptors (Lipinski definition) is 5. The molecule has 7 rings (SSSR count). The number of fused-ring (bicyclic) bond motifs is 4. The monoisotopic (exact) mass is 688 g/mol. The first kappa shape index (κ1) is 27.3. The number of rotatable bonds is 3. The molecule has 212 valence electrons. The predicted molar refractivity (Wildman–Crippen MR) is 164 cm³/mol. The van der Waals surface area contributed by atoms with E-state index in [1.54, 1.807) is 67.6 Å². The first-order valence-corrected chi connectivity index (χ1v) is 15.5. The normalized spacial score (nSPS) is 28.5. The molecule has 42 heavy (non-hydrogen) atoms. The van der Waals surface area contributed by atoms with Gasteiger partial charge in [-0.2, -0.15) is 0 Å². The summed E-state index contributed by atoms with van der Waals surface area (Å²) in [6.07, 6.45) is 2.73. The number of carbonyl (C=O) groups is 4. The first-order valence-electron chi connectivity index (χ1n) is 13.9. The minimum atomic E-state index is -0.654. The van der Waals surface area contributed by atoms with Crippen molar-refractivity contribution in [1.82, 2.24) is 0 Å². The third-order valence-corrected chi connectivity index (χ3v) is 10.5. The summed E-state index contributed by atoms with van der Waals surface area (Å²) in [5, 5.41) is 10.3. The van der Waals surface area contributed by atoms with Crippen LogP contribution in [0.4, 0.5) is 11.4 Å². The highest BCUT2D eigenvalue weighted by Gasteiger charge is 2.62. The van der Waals surface area contributed by atoms with Crippen molar-refractivity contribution in [3.63, 3.8) is 0 Å². The Labute approximate surface area is 259 Å². The van der Waals surface area contributed by atoms with Crippen LogP contribution in [0.1, 0.15) is 29.9 Å². The number of benzene rings is 3. The lowest BCUT2D eigenvalue weighted by molar-refractivity contribution is -0.126. The van der Waals surface area contributed by atoms with E-state index >= 15 is 0 Å². The van der Waals surface area contributed by atoms with Gasteiger partial charge in [0.2, 0.25) is 23.6 Å². The van der Waals surface area contributed by atoms with E-state index in [0.717, 1.165) is 20.1 Å². The number of anilines is 2.